The Morgan fingerprint density at radius 1 is 1.21 bits per heavy atom. The Labute approximate surface area is 86.4 Å². The molecule has 82 valence electrons. The molecule has 5 heteroatoms. The van der Waals surface area contributed by atoms with E-state index in [1.165, 1.54) is 0 Å². The predicted octanol–water partition coefficient (Wildman–Crippen LogP) is 1.40. The molecule has 0 saturated carbocycles. The molecule has 0 aromatic heterocycles. The van der Waals surface area contributed by atoms with Crippen molar-refractivity contribution in [3.05, 3.63) is 0 Å². The molecule has 1 unspecified atom stereocenters. The van der Waals surface area contributed by atoms with E-state index in [-0.39, 0.29) is 6.04 Å². The van der Waals surface area contributed by atoms with E-state index in [4.69, 9.17) is 5.26 Å². The van der Waals surface area contributed by atoms with Crippen LogP contribution in [0.15, 0.2) is 0 Å². The van der Waals surface area contributed by atoms with Gasteiger partial charge in [-0.15, -0.1) is 0 Å². The van der Waals surface area contributed by atoms with Crippen molar-refractivity contribution in [2.75, 3.05) is 0 Å². The van der Waals surface area contributed by atoms with E-state index in [0.717, 1.165) is 12.8 Å². The maximum Gasteiger partial charge on any atom is 0.228 e. The van der Waals surface area contributed by atoms with E-state index >= 15 is 0 Å². The van der Waals surface area contributed by atoms with Gasteiger partial charge in [0, 0.05) is 6.04 Å². The van der Waals surface area contributed by atoms with Gasteiger partial charge in [0.05, 0.1) is 6.07 Å². The van der Waals surface area contributed by atoms with Crippen molar-refractivity contribution in [3.63, 3.8) is 0 Å². The van der Waals surface area contributed by atoms with Gasteiger partial charge in [-0.3, -0.25) is 0 Å². The average Bonchev–Trinajstić information content (AvgIpc) is 2.15. The fourth-order valence-corrected chi connectivity index (χ4v) is 2.69. The third-order valence-corrected chi connectivity index (χ3v) is 4.06. The molecular formula is C9H18N2O2S. The van der Waals surface area contributed by atoms with E-state index in [2.05, 4.69) is 4.72 Å². The topological polar surface area (TPSA) is 70.0 Å². The van der Waals surface area contributed by atoms with Crippen LogP contribution in [-0.2, 0) is 10.0 Å². The summed E-state index contributed by atoms with van der Waals surface area (Å²) in [5, 5.41) is 7.72. The smallest absolute Gasteiger partial charge is 0.211 e. The van der Waals surface area contributed by atoms with Crippen molar-refractivity contribution in [2.45, 2.75) is 51.3 Å². The largest absolute Gasteiger partial charge is 0.228 e. The van der Waals surface area contributed by atoms with Gasteiger partial charge in [0.15, 0.2) is 5.25 Å². The number of sulfonamides is 1. The zero-order chi connectivity index (χ0) is 11.2. The number of hydrogen-bond acceptors (Lipinski definition) is 3. The molecule has 0 aliphatic carbocycles. The summed E-state index contributed by atoms with van der Waals surface area (Å²) in [6.45, 7) is 5.54. The van der Waals surface area contributed by atoms with Crippen molar-refractivity contribution >= 4 is 10.0 Å². The van der Waals surface area contributed by atoms with Crippen LogP contribution in [0, 0.1) is 11.3 Å². The highest BCUT2D eigenvalue weighted by Gasteiger charge is 2.25. The molecule has 0 amide bonds. The number of nitrogens with one attached hydrogen (secondary N) is 1. The fraction of sp³-hybridized carbons (Fsp3) is 0.889. The van der Waals surface area contributed by atoms with Crippen LogP contribution >= 0.6 is 0 Å². The maximum absolute atomic E-state index is 11.6. The average molecular weight is 218 g/mol. The van der Waals surface area contributed by atoms with Crippen LogP contribution in [0.1, 0.15) is 40.0 Å². The Bertz CT molecular complexity index is 288. The lowest BCUT2D eigenvalue weighted by Crippen LogP contribution is -2.39. The Hall–Kier alpha value is -0.600. The quantitative estimate of drug-likeness (QED) is 0.732. The molecule has 1 N–H and O–H groups in total. The van der Waals surface area contributed by atoms with Gasteiger partial charge in [0.2, 0.25) is 10.0 Å². The summed E-state index contributed by atoms with van der Waals surface area (Å²) in [6, 6.07) is 1.74. The second kappa shape index (κ2) is 5.99. The second-order valence-corrected chi connectivity index (χ2v) is 5.10. The highest BCUT2D eigenvalue weighted by Crippen LogP contribution is 2.06. The second-order valence-electron chi connectivity index (χ2n) is 3.20. The van der Waals surface area contributed by atoms with Gasteiger partial charge >= 0.3 is 0 Å². The summed E-state index contributed by atoms with van der Waals surface area (Å²) in [6.07, 6.45) is 1.82. The van der Waals surface area contributed by atoms with Crippen LogP contribution < -0.4 is 4.72 Å². The molecule has 0 aromatic carbocycles. The van der Waals surface area contributed by atoms with Gasteiger partial charge in [-0.05, 0) is 19.3 Å². The van der Waals surface area contributed by atoms with Gasteiger partial charge in [-0.2, -0.15) is 5.26 Å². The van der Waals surface area contributed by atoms with Crippen molar-refractivity contribution in [1.82, 2.24) is 4.72 Å². The lowest BCUT2D eigenvalue weighted by molar-refractivity contribution is 0.524. The predicted molar refractivity (Wildman–Crippen MR) is 56.1 cm³/mol. The van der Waals surface area contributed by atoms with E-state index in [9.17, 15) is 8.42 Å². The van der Waals surface area contributed by atoms with Crippen LogP contribution in [0.5, 0.6) is 0 Å². The lowest BCUT2D eigenvalue weighted by Gasteiger charge is -2.16. The minimum Gasteiger partial charge on any atom is -0.211 e. The SMILES string of the molecule is CCC(CC)NS(=O)(=O)C(C#N)CC. The van der Waals surface area contributed by atoms with E-state index in [0.29, 0.717) is 6.42 Å². The van der Waals surface area contributed by atoms with Gasteiger partial charge in [-0.1, -0.05) is 20.8 Å². The van der Waals surface area contributed by atoms with Gasteiger partial charge in [0.1, 0.15) is 0 Å². The van der Waals surface area contributed by atoms with Crippen molar-refractivity contribution in [3.8, 4) is 6.07 Å². The van der Waals surface area contributed by atoms with Crippen LogP contribution in [0.2, 0.25) is 0 Å². The normalized spacial score (nSPS) is 13.9. The Morgan fingerprint density at radius 2 is 1.71 bits per heavy atom. The molecule has 0 radical (unpaired) electrons. The van der Waals surface area contributed by atoms with Crippen molar-refractivity contribution < 1.29 is 8.42 Å². The fourth-order valence-electron chi connectivity index (χ4n) is 1.15. The Balaban J connectivity index is 4.56. The summed E-state index contributed by atoms with van der Waals surface area (Å²) < 4.78 is 25.7. The van der Waals surface area contributed by atoms with Crippen LogP contribution in [0.25, 0.3) is 0 Å². The molecule has 4 nitrogen and oxygen atoms in total. The number of hydrogen-bond donors (Lipinski definition) is 1. The molecule has 0 spiro atoms. The van der Waals surface area contributed by atoms with Crippen LogP contribution in [0.4, 0.5) is 0 Å². The molecule has 0 aromatic rings. The summed E-state index contributed by atoms with van der Waals surface area (Å²) in [4.78, 5) is 0. The number of rotatable bonds is 6. The summed E-state index contributed by atoms with van der Waals surface area (Å²) in [5.74, 6) is 0. The third kappa shape index (κ3) is 3.64. The first-order valence-electron chi connectivity index (χ1n) is 4.92. The number of nitriles is 1. The molecule has 0 heterocycles. The molecule has 0 aliphatic rings. The highest BCUT2D eigenvalue weighted by atomic mass is 32.2. The zero-order valence-corrected chi connectivity index (χ0v) is 9.76. The summed E-state index contributed by atoms with van der Waals surface area (Å²) >= 11 is 0. The molecule has 0 saturated heterocycles. The van der Waals surface area contributed by atoms with Gasteiger partial charge in [0.25, 0.3) is 0 Å². The maximum atomic E-state index is 11.6. The molecule has 14 heavy (non-hydrogen) atoms. The summed E-state index contributed by atoms with van der Waals surface area (Å²) in [5.41, 5.74) is 0. The van der Waals surface area contributed by atoms with Crippen molar-refractivity contribution in [2.24, 2.45) is 0 Å². The molecule has 1 atom stereocenters. The Kier molecular flexibility index (Phi) is 5.73. The van der Waals surface area contributed by atoms with Gasteiger partial charge in [-0.25, -0.2) is 13.1 Å². The minimum atomic E-state index is -3.46. The monoisotopic (exact) mass is 218 g/mol. The molecular weight excluding hydrogens is 200 g/mol. The molecule has 0 aliphatic heterocycles. The van der Waals surface area contributed by atoms with E-state index in [1.54, 1.807) is 13.0 Å². The standard InChI is InChI=1S/C9H18N2O2S/c1-4-8(5-2)11-14(12,13)9(6-3)7-10/h8-9,11H,4-6H2,1-3H3. The molecule has 0 bridgehead atoms. The number of nitrogens with zero attached hydrogens (tertiary/aromatic N) is 1. The van der Waals surface area contributed by atoms with Crippen LogP contribution in [0.3, 0.4) is 0 Å². The van der Waals surface area contributed by atoms with E-state index < -0.39 is 15.3 Å². The minimum absolute atomic E-state index is 0.0533. The Morgan fingerprint density at radius 3 is 2.00 bits per heavy atom. The first kappa shape index (κ1) is 13.4. The summed E-state index contributed by atoms with van der Waals surface area (Å²) in [7, 11) is -3.46. The first-order chi connectivity index (χ1) is 6.51. The third-order valence-electron chi connectivity index (χ3n) is 2.21. The van der Waals surface area contributed by atoms with Crippen molar-refractivity contribution in [1.29, 1.82) is 5.26 Å². The van der Waals surface area contributed by atoms with E-state index in [1.807, 2.05) is 13.8 Å². The first-order valence-corrected chi connectivity index (χ1v) is 6.47. The lowest BCUT2D eigenvalue weighted by atomic mass is 10.2. The molecule has 0 fully saturated rings. The zero-order valence-electron chi connectivity index (χ0n) is 8.95. The van der Waals surface area contributed by atoms with Gasteiger partial charge < -0.3 is 0 Å². The van der Waals surface area contributed by atoms with Crippen LogP contribution in [-0.4, -0.2) is 19.7 Å². The molecule has 0 rings (SSSR count). The highest BCUT2D eigenvalue weighted by molar-refractivity contribution is 7.90.